The van der Waals surface area contributed by atoms with Crippen LogP contribution in [0.3, 0.4) is 0 Å². The Kier molecular flexibility index (Phi) is 5.68. The number of likely N-dealkylation sites (tertiary alicyclic amines) is 1. The number of hydrogen-bond donors (Lipinski definition) is 3. The van der Waals surface area contributed by atoms with Gasteiger partial charge in [-0.3, -0.25) is 0 Å². The summed E-state index contributed by atoms with van der Waals surface area (Å²) in [5.41, 5.74) is 2.92. The van der Waals surface area contributed by atoms with Gasteiger partial charge in [0.1, 0.15) is 32.2 Å². The molecule has 138 valence electrons. The molecule has 2 saturated heterocycles. The number of hydrogen-bond acceptors (Lipinski definition) is 0. The van der Waals surface area contributed by atoms with Gasteiger partial charge in [-0.25, -0.2) is 0 Å². The van der Waals surface area contributed by atoms with E-state index in [1.807, 2.05) is 4.90 Å². The molecule has 0 aromatic heterocycles. The van der Waals surface area contributed by atoms with Crippen molar-refractivity contribution < 1.29 is 14.7 Å². The highest BCUT2D eigenvalue weighted by Crippen LogP contribution is 2.18. The van der Waals surface area contributed by atoms with Gasteiger partial charge in [-0.15, -0.1) is 0 Å². The minimum Gasteiger partial charge on any atom is -0.337 e. The van der Waals surface area contributed by atoms with Crippen molar-refractivity contribution in [3.63, 3.8) is 0 Å². The summed E-state index contributed by atoms with van der Waals surface area (Å²) in [6, 6.07) is 23.6. The Morgan fingerprint density at radius 3 is 1.69 bits per heavy atom. The van der Waals surface area contributed by atoms with Gasteiger partial charge in [-0.05, 0) is 0 Å². The summed E-state index contributed by atoms with van der Waals surface area (Å²) in [6.45, 7) is 7.94. The first-order chi connectivity index (χ1) is 12.8. The molecule has 2 heterocycles. The molecule has 0 amide bonds. The van der Waals surface area contributed by atoms with Gasteiger partial charge in [-0.2, -0.15) is 0 Å². The van der Waals surface area contributed by atoms with Crippen molar-refractivity contribution in [3.8, 4) is 0 Å². The molecular weight excluding hydrogens is 318 g/mol. The maximum Gasteiger partial charge on any atom is 0.139 e. The molecular formula is C23H34N3+3. The lowest BCUT2D eigenvalue weighted by Crippen LogP contribution is -3.30. The molecule has 26 heavy (non-hydrogen) atoms. The fourth-order valence-electron chi connectivity index (χ4n) is 5.06. The lowest BCUT2D eigenvalue weighted by atomic mass is 9.96. The lowest BCUT2D eigenvalue weighted by molar-refractivity contribution is -1.04. The smallest absolute Gasteiger partial charge is 0.139 e. The SMILES string of the molecule is C[NH+]1CCC([NH+]2CC[NH+](C(c3ccccc3)c3ccccc3)CC2)CC1. The summed E-state index contributed by atoms with van der Waals surface area (Å²) >= 11 is 0. The average Bonchev–Trinajstić information content (AvgIpc) is 2.71. The number of quaternary nitrogens is 3. The second-order valence-electron chi connectivity index (χ2n) is 8.30. The fourth-order valence-corrected chi connectivity index (χ4v) is 5.06. The van der Waals surface area contributed by atoms with Gasteiger partial charge < -0.3 is 14.7 Å². The summed E-state index contributed by atoms with van der Waals surface area (Å²) in [6.07, 6.45) is 2.83. The van der Waals surface area contributed by atoms with Gasteiger partial charge in [0.15, 0.2) is 0 Å². The molecule has 2 aromatic carbocycles. The quantitative estimate of drug-likeness (QED) is 0.640. The summed E-state index contributed by atoms with van der Waals surface area (Å²) in [5, 5.41) is 0. The molecule has 3 heteroatoms. The van der Waals surface area contributed by atoms with Crippen LogP contribution in [0.25, 0.3) is 0 Å². The number of benzene rings is 2. The molecule has 2 aromatic rings. The zero-order chi connectivity index (χ0) is 17.8. The van der Waals surface area contributed by atoms with E-state index in [0.29, 0.717) is 6.04 Å². The third kappa shape index (κ3) is 4.01. The van der Waals surface area contributed by atoms with Gasteiger partial charge in [-0.1, -0.05) is 60.7 Å². The number of rotatable bonds is 4. The molecule has 0 unspecified atom stereocenters. The Morgan fingerprint density at radius 1 is 0.692 bits per heavy atom. The maximum atomic E-state index is 2.35. The monoisotopic (exact) mass is 352 g/mol. The molecule has 0 spiro atoms. The minimum absolute atomic E-state index is 0.473. The molecule has 4 rings (SSSR count). The van der Waals surface area contributed by atoms with Crippen LogP contribution in [-0.2, 0) is 0 Å². The summed E-state index contributed by atoms with van der Waals surface area (Å²) in [5.74, 6) is 0. The van der Waals surface area contributed by atoms with E-state index >= 15 is 0 Å². The van der Waals surface area contributed by atoms with Crippen molar-refractivity contribution >= 4 is 0 Å². The van der Waals surface area contributed by atoms with Crippen LogP contribution >= 0.6 is 0 Å². The molecule has 0 atom stereocenters. The van der Waals surface area contributed by atoms with Crippen LogP contribution in [0.5, 0.6) is 0 Å². The highest BCUT2D eigenvalue weighted by atomic mass is 15.3. The van der Waals surface area contributed by atoms with Crippen LogP contribution in [0.2, 0.25) is 0 Å². The predicted molar refractivity (Wildman–Crippen MR) is 106 cm³/mol. The Bertz CT molecular complexity index is 617. The van der Waals surface area contributed by atoms with Crippen LogP contribution in [0, 0.1) is 0 Å². The highest BCUT2D eigenvalue weighted by molar-refractivity contribution is 5.29. The minimum atomic E-state index is 0.473. The first-order valence-electron chi connectivity index (χ1n) is 10.4. The molecule has 3 N–H and O–H groups in total. The van der Waals surface area contributed by atoms with Gasteiger partial charge in [0.25, 0.3) is 0 Å². The van der Waals surface area contributed by atoms with E-state index in [4.69, 9.17) is 0 Å². The Hall–Kier alpha value is -1.68. The third-order valence-electron chi connectivity index (χ3n) is 6.63. The fraction of sp³-hybridized carbons (Fsp3) is 0.478. The largest absolute Gasteiger partial charge is 0.337 e. The molecule has 0 bridgehead atoms. The van der Waals surface area contributed by atoms with Crippen molar-refractivity contribution in [2.75, 3.05) is 46.3 Å². The normalized spacial score (nSPS) is 29.6. The zero-order valence-electron chi connectivity index (χ0n) is 16.1. The molecule has 0 radical (unpaired) electrons. The van der Waals surface area contributed by atoms with Crippen LogP contribution in [0.4, 0.5) is 0 Å². The van der Waals surface area contributed by atoms with Crippen LogP contribution in [0.1, 0.15) is 30.0 Å². The average molecular weight is 353 g/mol. The zero-order valence-corrected chi connectivity index (χ0v) is 16.1. The lowest BCUT2D eigenvalue weighted by Gasteiger charge is -2.39. The highest BCUT2D eigenvalue weighted by Gasteiger charge is 2.36. The van der Waals surface area contributed by atoms with Crippen LogP contribution in [0.15, 0.2) is 60.7 Å². The summed E-state index contributed by atoms with van der Waals surface area (Å²) in [4.78, 5) is 5.34. The first-order valence-corrected chi connectivity index (χ1v) is 10.4. The standard InChI is InChI=1S/C23H31N3/c1-24-14-12-22(13-15-24)25-16-18-26(19-17-25)23(20-8-4-2-5-9-20)21-10-6-3-7-11-21/h2-11,22-23H,12-19H2,1H3/p+3. The van der Waals surface area contributed by atoms with E-state index in [1.165, 1.54) is 63.2 Å². The van der Waals surface area contributed by atoms with Crippen LogP contribution in [-0.4, -0.2) is 52.4 Å². The van der Waals surface area contributed by atoms with E-state index in [1.54, 1.807) is 9.80 Å². The predicted octanol–water partition coefficient (Wildman–Crippen LogP) is -0.763. The molecule has 2 aliphatic rings. The first kappa shape index (κ1) is 17.7. The third-order valence-corrected chi connectivity index (χ3v) is 6.63. The molecule has 2 fully saturated rings. The van der Waals surface area contributed by atoms with Gasteiger partial charge in [0, 0.05) is 24.0 Å². The van der Waals surface area contributed by atoms with E-state index < -0.39 is 0 Å². The van der Waals surface area contributed by atoms with Crippen LogP contribution < -0.4 is 14.7 Å². The number of piperazine rings is 1. The summed E-state index contributed by atoms with van der Waals surface area (Å²) < 4.78 is 0. The molecule has 2 aliphatic heterocycles. The Labute approximate surface area is 158 Å². The van der Waals surface area contributed by atoms with E-state index in [2.05, 4.69) is 67.7 Å². The van der Waals surface area contributed by atoms with Crippen molar-refractivity contribution in [3.05, 3.63) is 71.8 Å². The molecule has 0 aliphatic carbocycles. The second kappa shape index (κ2) is 8.34. The summed E-state index contributed by atoms with van der Waals surface area (Å²) in [7, 11) is 2.35. The molecule has 0 saturated carbocycles. The van der Waals surface area contributed by atoms with Gasteiger partial charge in [0.05, 0.1) is 26.2 Å². The maximum absolute atomic E-state index is 2.35. The number of piperidine rings is 1. The van der Waals surface area contributed by atoms with Crippen molar-refractivity contribution in [2.24, 2.45) is 0 Å². The van der Waals surface area contributed by atoms with Crippen molar-refractivity contribution in [1.29, 1.82) is 0 Å². The van der Waals surface area contributed by atoms with Gasteiger partial charge >= 0.3 is 0 Å². The second-order valence-corrected chi connectivity index (χ2v) is 8.30. The van der Waals surface area contributed by atoms with Crippen molar-refractivity contribution in [1.82, 2.24) is 0 Å². The molecule has 3 nitrogen and oxygen atoms in total. The topological polar surface area (TPSA) is 13.3 Å². The van der Waals surface area contributed by atoms with E-state index in [9.17, 15) is 0 Å². The van der Waals surface area contributed by atoms with Gasteiger partial charge in [0.2, 0.25) is 0 Å². The number of nitrogens with one attached hydrogen (secondary N) is 3. The van der Waals surface area contributed by atoms with Crippen molar-refractivity contribution in [2.45, 2.75) is 24.9 Å². The van der Waals surface area contributed by atoms with E-state index in [-0.39, 0.29) is 0 Å². The van der Waals surface area contributed by atoms with E-state index in [0.717, 1.165) is 6.04 Å². The Balaban J connectivity index is 1.46. The Morgan fingerprint density at radius 2 is 1.19 bits per heavy atom.